The molecule has 0 saturated carbocycles. The maximum atomic E-state index is 12.2. The summed E-state index contributed by atoms with van der Waals surface area (Å²) < 4.78 is 61.7. The third-order valence-electron chi connectivity index (χ3n) is 8.27. The predicted molar refractivity (Wildman–Crippen MR) is 158 cm³/mol. The first-order valence-corrected chi connectivity index (χ1v) is 16.4. The first kappa shape index (κ1) is 32.8. The van der Waals surface area contributed by atoms with E-state index in [1.54, 1.807) is 7.11 Å². The van der Waals surface area contributed by atoms with Crippen molar-refractivity contribution < 1.29 is 36.2 Å². The van der Waals surface area contributed by atoms with Gasteiger partial charge in [0.2, 0.25) is 5.95 Å². The lowest BCUT2D eigenvalue weighted by molar-refractivity contribution is -0.192. The molecular weight excluding hydrogens is 587 g/mol. The Kier molecular flexibility index (Phi) is 10.1. The van der Waals surface area contributed by atoms with Crippen molar-refractivity contribution in [1.29, 1.82) is 0 Å². The summed E-state index contributed by atoms with van der Waals surface area (Å²) in [6.45, 7) is 10.1. The number of carboxylic acids is 1. The maximum absolute atomic E-state index is 12.2. The van der Waals surface area contributed by atoms with E-state index in [0.29, 0.717) is 18.9 Å². The van der Waals surface area contributed by atoms with E-state index >= 15 is 0 Å². The molecule has 10 nitrogen and oxygen atoms in total. The molecule has 0 bridgehead atoms. The fourth-order valence-electron chi connectivity index (χ4n) is 5.80. The summed E-state index contributed by atoms with van der Waals surface area (Å²) in [5.41, 5.74) is 4.86. The molecule has 2 aliphatic heterocycles. The van der Waals surface area contributed by atoms with Crippen molar-refractivity contribution in [3.63, 3.8) is 0 Å². The van der Waals surface area contributed by atoms with Gasteiger partial charge in [0.05, 0.1) is 18.1 Å². The normalized spacial score (nSPS) is 21.2. The minimum absolute atomic E-state index is 0.309. The van der Waals surface area contributed by atoms with Gasteiger partial charge in [0, 0.05) is 63.2 Å². The molecular formula is C29H40F3N5O5S. The van der Waals surface area contributed by atoms with Gasteiger partial charge in [0.25, 0.3) is 0 Å². The highest BCUT2D eigenvalue weighted by atomic mass is 32.2. The van der Waals surface area contributed by atoms with E-state index < -0.39 is 22.0 Å². The summed E-state index contributed by atoms with van der Waals surface area (Å²) >= 11 is 0. The fraction of sp³-hybridized carbons (Fsp3) is 0.621. The number of fused-ring (bicyclic) bond motifs is 1. The van der Waals surface area contributed by atoms with Crippen molar-refractivity contribution >= 4 is 27.6 Å². The number of sulfone groups is 1. The predicted octanol–water partition coefficient (Wildman–Crippen LogP) is 3.50. The van der Waals surface area contributed by atoms with Crippen molar-refractivity contribution in [3.05, 3.63) is 40.6 Å². The Balaban J connectivity index is 0.000000541. The molecule has 3 heterocycles. The Bertz CT molecular complexity index is 1410. The molecule has 1 N–H and O–H groups in total. The number of anilines is 2. The Hall–Kier alpha value is -3.13. The highest BCUT2D eigenvalue weighted by Crippen LogP contribution is 2.35. The Morgan fingerprint density at radius 2 is 1.77 bits per heavy atom. The highest BCUT2D eigenvalue weighted by Gasteiger charge is 2.38. The number of piperazine rings is 1. The van der Waals surface area contributed by atoms with Crippen molar-refractivity contribution in [2.24, 2.45) is 5.92 Å². The number of carboxylic acid groups (broad SMARTS) is 1. The van der Waals surface area contributed by atoms with Crippen molar-refractivity contribution in [1.82, 2.24) is 14.9 Å². The summed E-state index contributed by atoms with van der Waals surface area (Å²) in [4.78, 5) is 26.0. The number of carbonyl (C=O) groups is 1. The topological polar surface area (TPSA) is 116 Å². The van der Waals surface area contributed by atoms with Gasteiger partial charge in [0.15, 0.2) is 9.84 Å². The SMILES string of the molecule is COc1ccc(C)cc1CN1CCN(c2nc3c(c(N4CCC(S(C)(=O)=O)C4)n2)CCC(C)C3)CC1.O=C(O)C(F)(F)F. The number of rotatable bonds is 6. The van der Waals surface area contributed by atoms with Crippen LogP contribution in [0.4, 0.5) is 24.9 Å². The second-order valence-corrected chi connectivity index (χ2v) is 14.0. The standard InChI is InChI=1S/C27H39N5O3S.C2HF3O2/c1-19-6-8-25(35-3)21(15-19)17-30-11-13-31(14-12-30)27-28-24-16-20(2)5-7-23(24)26(29-27)32-10-9-22(18-32)36(4,33)34;3-2(4,5)1(6)7/h6,8,15,20,22H,5,7,9-14,16-18H2,1-4H3;(H,6,7). The minimum Gasteiger partial charge on any atom is -0.496 e. The van der Waals surface area contributed by atoms with Crippen molar-refractivity contribution in [3.8, 4) is 5.75 Å². The van der Waals surface area contributed by atoms with Crippen LogP contribution in [0.2, 0.25) is 0 Å². The molecule has 238 valence electrons. The van der Waals surface area contributed by atoms with Crippen LogP contribution in [0.25, 0.3) is 0 Å². The van der Waals surface area contributed by atoms with Crippen LogP contribution in [0.15, 0.2) is 18.2 Å². The average molecular weight is 628 g/mol. The molecule has 0 radical (unpaired) electrons. The monoisotopic (exact) mass is 627 g/mol. The zero-order valence-electron chi connectivity index (χ0n) is 25.0. The van der Waals surface area contributed by atoms with E-state index in [9.17, 15) is 21.6 Å². The molecule has 43 heavy (non-hydrogen) atoms. The van der Waals surface area contributed by atoms with Crippen molar-refractivity contribution in [2.75, 3.05) is 62.4 Å². The summed E-state index contributed by atoms with van der Waals surface area (Å²) in [5, 5.41) is 6.82. The molecule has 14 heteroatoms. The van der Waals surface area contributed by atoms with E-state index in [4.69, 9.17) is 24.6 Å². The summed E-state index contributed by atoms with van der Waals surface area (Å²) in [5.74, 6) is 0.565. The van der Waals surface area contributed by atoms with Gasteiger partial charge >= 0.3 is 12.1 Å². The number of methoxy groups -OCH3 is 1. The zero-order chi connectivity index (χ0) is 31.5. The largest absolute Gasteiger partial charge is 0.496 e. The Morgan fingerprint density at radius 3 is 2.35 bits per heavy atom. The van der Waals surface area contributed by atoms with Gasteiger partial charge in [-0.05, 0) is 44.6 Å². The fourth-order valence-corrected chi connectivity index (χ4v) is 6.79. The molecule has 0 spiro atoms. The maximum Gasteiger partial charge on any atom is 0.490 e. The number of benzene rings is 1. The Morgan fingerprint density at radius 1 is 1.09 bits per heavy atom. The molecule has 5 rings (SSSR count). The number of halogens is 3. The molecule has 1 aliphatic carbocycles. The molecule has 1 aromatic heterocycles. The highest BCUT2D eigenvalue weighted by molar-refractivity contribution is 7.91. The molecule has 2 atom stereocenters. The summed E-state index contributed by atoms with van der Waals surface area (Å²) in [7, 11) is -1.32. The molecule has 1 aromatic carbocycles. The zero-order valence-corrected chi connectivity index (χ0v) is 25.8. The number of aryl methyl sites for hydroxylation is 1. The van der Waals surface area contributed by atoms with Crippen LogP contribution in [0, 0.1) is 12.8 Å². The van der Waals surface area contributed by atoms with Gasteiger partial charge in [-0.2, -0.15) is 18.2 Å². The lowest BCUT2D eigenvalue weighted by atomic mass is 9.88. The third-order valence-corrected chi connectivity index (χ3v) is 9.86. The van der Waals surface area contributed by atoms with E-state index in [2.05, 4.69) is 46.7 Å². The number of alkyl halides is 3. The first-order chi connectivity index (χ1) is 20.2. The van der Waals surface area contributed by atoms with Gasteiger partial charge in [-0.25, -0.2) is 18.2 Å². The van der Waals surface area contributed by atoms with Crippen LogP contribution in [0.1, 0.15) is 42.1 Å². The molecule has 0 amide bonds. The van der Waals surface area contributed by atoms with E-state index in [1.165, 1.54) is 22.9 Å². The average Bonchev–Trinajstić information content (AvgIpc) is 3.44. The smallest absolute Gasteiger partial charge is 0.490 e. The van der Waals surface area contributed by atoms with Gasteiger partial charge in [-0.15, -0.1) is 0 Å². The van der Waals surface area contributed by atoms with E-state index in [0.717, 1.165) is 81.7 Å². The van der Waals surface area contributed by atoms with Gasteiger partial charge in [0.1, 0.15) is 11.6 Å². The van der Waals surface area contributed by atoms with Crippen LogP contribution in [0.3, 0.4) is 0 Å². The number of nitrogens with zero attached hydrogens (tertiary/aromatic N) is 5. The van der Waals surface area contributed by atoms with Crippen LogP contribution < -0.4 is 14.5 Å². The number of aliphatic carboxylic acids is 1. The summed E-state index contributed by atoms with van der Waals surface area (Å²) in [6.07, 6.45) is 0.0136. The third kappa shape index (κ3) is 8.28. The second-order valence-electron chi connectivity index (χ2n) is 11.7. The van der Waals surface area contributed by atoms with Crippen LogP contribution in [-0.2, 0) is 34.0 Å². The molecule has 3 aliphatic rings. The quantitative estimate of drug-likeness (QED) is 0.510. The number of hydrogen-bond acceptors (Lipinski definition) is 9. The van der Waals surface area contributed by atoms with Gasteiger partial charge in [-0.1, -0.05) is 24.6 Å². The Labute approximate surface area is 250 Å². The number of hydrogen-bond donors (Lipinski definition) is 1. The van der Waals surface area contributed by atoms with Gasteiger partial charge in [-0.3, -0.25) is 4.90 Å². The minimum atomic E-state index is -5.08. The lowest BCUT2D eigenvalue weighted by Gasteiger charge is -2.36. The molecule has 2 saturated heterocycles. The van der Waals surface area contributed by atoms with Gasteiger partial charge < -0.3 is 19.6 Å². The van der Waals surface area contributed by atoms with E-state index in [-0.39, 0.29) is 5.25 Å². The van der Waals surface area contributed by atoms with Crippen LogP contribution >= 0.6 is 0 Å². The van der Waals surface area contributed by atoms with Crippen LogP contribution in [-0.4, -0.2) is 98.4 Å². The van der Waals surface area contributed by atoms with E-state index in [1.807, 2.05) is 0 Å². The first-order valence-electron chi connectivity index (χ1n) is 14.4. The second kappa shape index (κ2) is 13.2. The number of ether oxygens (including phenoxy) is 1. The van der Waals surface area contributed by atoms with Crippen molar-refractivity contribution in [2.45, 2.75) is 57.5 Å². The summed E-state index contributed by atoms with van der Waals surface area (Å²) in [6, 6.07) is 6.35. The lowest BCUT2D eigenvalue weighted by Crippen LogP contribution is -2.47. The molecule has 2 aromatic rings. The number of aromatic nitrogens is 2. The van der Waals surface area contributed by atoms with Crippen LogP contribution in [0.5, 0.6) is 5.75 Å². The molecule has 2 fully saturated rings. The molecule has 2 unspecified atom stereocenters.